The zero-order valence-corrected chi connectivity index (χ0v) is 13.5. The van der Waals surface area contributed by atoms with Crippen molar-refractivity contribution in [3.8, 4) is 0 Å². The third kappa shape index (κ3) is 3.45. The predicted molar refractivity (Wildman–Crippen MR) is 82.8 cm³/mol. The maximum absolute atomic E-state index is 6.10. The second-order valence-corrected chi connectivity index (χ2v) is 5.77. The normalized spacial score (nSPS) is 10.6. The topological polar surface area (TPSA) is 29.0 Å². The van der Waals surface area contributed by atoms with Gasteiger partial charge in [-0.15, -0.1) is 0 Å². The van der Waals surface area contributed by atoms with Crippen LogP contribution in [-0.4, -0.2) is 17.0 Å². The van der Waals surface area contributed by atoms with Crippen molar-refractivity contribution >= 4 is 33.3 Å². The van der Waals surface area contributed by atoms with Crippen molar-refractivity contribution < 1.29 is 0 Å². The lowest BCUT2D eigenvalue weighted by Gasteiger charge is -2.21. The standard InChI is InChI=1S/C14H15BrClN3/c1-9-13(16)17-10(2)18-14(9)19(3)8-11-4-6-12(15)7-5-11/h4-7H,8H2,1-3H3. The highest BCUT2D eigenvalue weighted by atomic mass is 79.9. The molecule has 0 N–H and O–H groups in total. The van der Waals surface area contributed by atoms with Crippen LogP contribution < -0.4 is 4.90 Å². The minimum Gasteiger partial charge on any atom is -0.355 e. The zero-order valence-electron chi connectivity index (χ0n) is 11.1. The average molecular weight is 341 g/mol. The fourth-order valence-corrected chi connectivity index (χ4v) is 2.36. The minimum atomic E-state index is 0.519. The van der Waals surface area contributed by atoms with E-state index < -0.39 is 0 Å². The molecule has 0 saturated heterocycles. The highest BCUT2D eigenvalue weighted by Gasteiger charge is 2.11. The summed E-state index contributed by atoms with van der Waals surface area (Å²) in [6, 6.07) is 8.25. The van der Waals surface area contributed by atoms with E-state index in [2.05, 4.69) is 42.9 Å². The molecule has 0 saturated carbocycles. The van der Waals surface area contributed by atoms with Gasteiger partial charge in [0.1, 0.15) is 16.8 Å². The Morgan fingerprint density at radius 3 is 2.42 bits per heavy atom. The van der Waals surface area contributed by atoms with Crippen molar-refractivity contribution in [1.29, 1.82) is 0 Å². The molecule has 0 aliphatic heterocycles. The summed E-state index contributed by atoms with van der Waals surface area (Å²) >= 11 is 9.54. The van der Waals surface area contributed by atoms with Gasteiger partial charge in [0.2, 0.25) is 0 Å². The molecule has 0 atom stereocenters. The van der Waals surface area contributed by atoms with Crippen molar-refractivity contribution in [1.82, 2.24) is 9.97 Å². The molecule has 1 aromatic heterocycles. The molecule has 100 valence electrons. The van der Waals surface area contributed by atoms with E-state index in [4.69, 9.17) is 11.6 Å². The van der Waals surface area contributed by atoms with Crippen molar-refractivity contribution in [3.05, 3.63) is 50.8 Å². The Kier molecular flexibility index (Phi) is 4.42. The van der Waals surface area contributed by atoms with E-state index in [1.165, 1.54) is 5.56 Å². The van der Waals surface area contributed by atoms with Gasteiger partial charge in [0.25, 0.3) is 0 Å². The van der Waals surface area contributed by atoms with Crippen molar-refractivity contribution in [2.75, 3.05) is 11.9 Å². The molecular formula is C14H15BrClN3. The Morgan fingerprint density at radius 1 is 1.16 bits per heavy atom. The summed E-state index contributed by atoms with van der Waals surface area (Å²) in [5, 5.41) is 0.519. The molecule has 0 amide bonds. The average Bonchev–Trinajstić information content (AvgIpc) is 2.36. The van der Waals surface area contributed by atoms with Crippen LogP contribution in [-0.2, 0) is 6.54 Å². The third-order valence-electron chi connectivity index (χ3n) is 2.87. The number of anilines is 1. The number of aromatic nitrogens is 2. The van der Waals surface area contributed by atoms with E-state index in [1.807, 2.05) is 33.0 Å². The Hall–Kier alpha value is -1.13. The number of hydrogen-bond acceptors (Lipinski definition) is 3. The Morgan fingerprint density at radius 2 is 1.79 bits per heavy atom. The molecule has 0 radical (unpaired) electrons. The zero-order chi connectivity index (χ0) is 14.0. The number of aryl methyl sites for hydroxylation is 1. The lowest BCUT2D eigenvalue weighted by atomic mass is 10.2. The summed E-state index contributed by atoms with van der Waals surface area (Å²) in [7, 11) is 2.01. The van der Waals surface area contributed by atoms with Gasteiger partial charge in [-0.1, -0.05) is 39.7 Å². The molecular weight excluding hydrogens is 326 g/mol. The van der Waals surface area contributed by atoms with E-state index >= 15 is 0 Å². The molecule has 0 bridgehead atoms. The second-order valence-electron chi connectivity index (χ2n) is 4.49. The van der Waals surface area contributed by atoms with Gasteiger partial charge < -0.3 is 4.90 Å². The SMILES string of the molecule is Cc1nc(Cl)c(C)c(N(C)Cc2ccc(Br)cc2)n1. The van der Waals surface area contributed by atoms with Gasteiger partial charge in [0.05, 0.1) is 0 Å². The summed E-state index contributed by atoms with van der Waals surface area (Å²) in [5.74, 6) is 1.56. The lowest BCUT2D eigenvalue weighted by Crippen LogP contribution is -2.19. The largest absolute Gasteiger partial charge is 0.355 e. The van der Waals surface area contributed by atoms with Crippen molar-refractivity contribution in [3.63, 3.8) is 0 Å². The smallest absolute Gasteiger partial charge is 0.137 e. The summed E-state index contributed by atoms with van der Waals surface area (Å²) < 4.78 is 1.08. The maximum atomic E-state index is 6.10. The van der Waals surface area contributed by atoms with Crippen LogP contribution >= 0.6 is 27.5 Å². The van der Waals surface area contributed by atoms with Gasteiger partial charge in [-0.05, 0) is 31.5 Å². The first-order chi connectivity index (χ1) is 8.97. The fraction of sp³-hybridized carbons (Fsp3) is 0.286. The van der Waals surface area contributed by atoms with Crippen LogP contribution in [0.3, 0.4) is 0 Å². The Balaban J connectivity index is 2.24. The monoisotopic (exact) mass is 339 g/mol. The Labute approximate surface area is 126 Å². The van der Waals surface area contributed by atoms with E-state index in [0.29, 0.717) is 11.0 Å². The fourth-order valence-electron chi connectivity index (χ4n) is 1.89. The first-order valence-corrected chi connectivity index (χ1v) is 7.11. The molecule has 1 aromatic carbocycles. The second kappa shape index (κ2) is 5.88. The molecule has 0 fully saturated rings. The molecule has 0 unspecified atom stereocenters. The summed E-state index contributed by atoms with van der Waals surface area (Å²) in [6.45, 7) is 4.57. The quantitative estimate of drug-likeness (QED) is 0.786. The summed E-state index contributed by atoms with van der Waals surface area (Å²) in [4.78, 5) is 10.7. The van der Waals surface area contributed by atoms with Crippen LogP contribution in [0.15, 0.2) is 28.7 Å². The molecule has 5 heteroatoms. The molecule has 0 spiro atoms. The maximum Gasteiger partial charge on any atom is 0.137 e. The van der Waals surface area contributed by atoms with E-state index in [1.54, 1.807) is 0 Å². The molecule has 2 rings (SSSR count). The molecule has 2 aromatic rings. The van der Waals surface area contributed by atoms with Crippen LogP contribution in [0.4, 0.5) is 5.82 Å². The van der Waals surface area contributed by atoms with Crippen molar-refractivity contribution in [2.45, 2.75) is 20.4 Å². The molecule has 0 aliphatic rings. The number of halogens is 2. The van der Waals surface area contributed by atoms with Crippen molar-refractivity contribution in [2.24, 2.45) is 0 Å². The van der Waals surface area contributed by atoms with Gasteiger partial charge in [0.15, 0.2) is 0 Å². The van der Waals surface area contributed by atoms with Gasteiger partial charge in [0, 0.05) is 23.6 Å². The predicted octanol–water partition coefficient (Wildman–Crippen LogP) is 4.15. The highest BCUT2D eigenvalue weighted by Crippen LogP contribution is 2.23. The van der Waals surface area contributed by atoms with Crippen LogP contribution in [0.5, 0.6) is 0 Å². The van der Waals surface area contributed by atoms with Gasteiger partial charge in [-0.2, -0.15) is 0 Å². The van der Waals surface area contributed by atoms with Crippen LogP contribution in [0, 0.1) is 13.8 Å². The first-order valence-electron chi connectivity index (χ1n) is 5.93. The van der Waals surface area contributed by atoms with Gasteiger partial charge in [-0.25, -0.2) is 9.97 Å². The number of rotatable bonds is 3. The molecule has 0 aliphatic carbocycles. The van der Waals surface area contributed by atoms with E-state index in [-0.39, 0.29) is 0 Å². The summed E-state index contributed by atoms with van der Waals surface area (Å²) in [5.41, 5.74) is 2.13. The van der Waals surface area contributed by atoms with E-state index in [9.17, 15) is 0 Å². The number of hydrogen-bond donors (Lipinski definition) is 0. The lowest BCUT2D eigenvalue weighted by molar-refractivity contribution is 0.869. The first kappa shape index (κ1) is 14.3. The minimum absolute atomic E-state index is 0.519. The van der Waals surface area contributed by atoms with Crippen LogP contribution in [0.1, 0.15) is 17.0 Å². The Bertz CT molecular complexity index is 584. The number of benzene rings is 1. The van der Waals surface area contributed by atoms with Gasteiger partial charge >= 0.3 is 0 Å². The highest BCUT2D eigenvalue weighted by molar-refractivity contribution is 9.10. The third-order valence-corrected chi connectivity index (χ3v) is 3.76. The van der Waals surface area contributed by atoms with Crippen LogP contribution in [0.25, 0.3) is 0 Å². The molecule has 1 heterocycles. The van der Waals surface area contributed by atoms with Crippen LogP contribution in [0.2, 0.25) is 5.15 Å². The summed E-state index contributed by atoms with van der Waals surface area (Å²) in [6.07, 6.45) is 0. The molecule has 19 heavy (non-hydrogen) atoms. The van der Waals surface area contributed by atoms with E-state index in [0.717, 1.165) is 22.4 Å². The van der Waals surface area contributed by atoms with Gasteiger partial charge in [-0.3, -0.25) is 0 Å². The molecule has 3 nitrogen and oxygen atoms in total. The number of nitrogens with zero attached hydrogens (tertiary/aromatic N) is 3.